The Labute approximate surface area is 89.8 Å². The van der Waals surface area contributed by atoms with Gasteiger partial charge in [-0.1, -0.05) is 13.8 Å². The number of hydrogen-bond acceptors (Lipinski definition) is 3. The smallest absolute Gasteiger partial charge is 0.0975 e. The fraction of sp³-hybridized carbons (Fsp3) is 0.727. The van der Waals surface area contributed by atoms with Gasteiger partial charge < -0.3 is 5.32 Å². The fourth-order valence-corrected chi connectivity index (χ4v) is 3.22. The number of nitrogens with zero attached hydrogens (tertiary/aromatic N) is 1. The summed E-state index contributed by atoms with van der Waals surface area (Å²) in [7, 11) is 0. The highest BCUT2D eigenvalue weighted by molar-refractivity contribution is 7.11. The quantitative estimate of drug-likeness (QED) is 0.811. The molecule has 1 aliphatic heterocycles. The number of thiazole rings is 1. The average molecular weight is 210 g/mol. The van der Waals surface area contributed by atoms with E-state index in [4.69, 9.17) is 4.98 Å². The number of nitrogens with one attached hydrogen (secondary N) is 1. The molecule has 0 saturated carbocycles. The van der Waals surface area contributed by atoms with Gasteiger partial charge in [0.1, 0.15) is 0 Å². The second-order valence-electron chi connectivity index (χ2n) is 4.34. The summed E-state index contributed by atoms with van der Waals surface area (Å²) in [6.07, 6.45) is 1.25. The van der Waals surface area contributed by atoms with E-state index in [1.807, 2.05) is 11.3 Å². The van der Waals surface area contributed by atoms with Crippen LogP contribution in [-0.2, 0) is 0 Å². The normalized spacial score (nSPS) is 22.1. The van der Waals surface area contributed by atoms with Gasteiger partial charge in [-0.15, -0.1) is 11.3 Å². The molecule has 1 unspecified atom stereocenters. The summed E-state index contributed by atoms with van der Waals surface area (Å²) in [5.41, 5.74) is 1.30. The van der Waals surface area contributed by atoms with E-state index in [-0.39, 0.29) is 0 Å². The summed E-state index contributed by atoms with van der Waals surface area (Å²) >= 11 is 1.89. The molecule has 14 heavy (non-hydrogen) atoms. The zero-order valence-electron chi connectivity index (χ0n) is 9.13. The van der Waals surface area contributed by atoms with Gasteiger partial charge in [-0.2, -0.15) is 0 Å². The van der Waals surface area contributed by atoms with Crippen LogP contribution >= 0.6 is 11.3 Å². The lowest BCUT2D eigenvalue weighted by atomic mass is 10.1. The molecule has 0 spiro atoms. The maximum absolute atomic E-state index is 4.77. The number of hydrogen-bond donors (Lipinski definition) is 1. The Hall–Kier alpha value is -0.410. The van der Waals surface area contributed by atoms with Crippen molar-refractivity contribution < 1.29 is 0 Å². The van der Waals surface area contributed by atoms with Crippen LogP contribution in [0.2, 0.25) is 0 Å². The van der Waals surface area contributed by atoms with Gasteiger partial charge in [0.15, 0.2) is 0 Å². The second-order valence-corrected chi connectivity index (χ2v) is 5.57. The summed E-state index contributed by atoms with van der Waals surface area (Å²) in [6, 6.07) is 0. The summed E-state index contributed by atoms with van der Waals surface area (Å²) in [6.45, 7) is 8.90. The second kappa shape index (κ2) is 3.99. The summed E-state index contributed by atoms with van der Waals surface area (Å²) in [4.78, 5) is 6.17. The Morgan fingerprint density at radius 3 is 2.79 bits per heavy atom. The minimum Gasteiger partial charge on any atom is -0.316 e. The molecule has 2 rings (SSSR count). The third kappa shape index (κ3) is 1.84. The first-order chi connectivity index (χ1) is 6.68. The lowest BCUT2D eigenvalue weighted by Crippen LogP contribution is -2.07. The molecule has 0 aliphatic carbocycles. The molecule has 0 aromatic carbocycles. The SMILES string of the molecule is Cc1sc(C2CCNC2)nc1C(C)C. The van der Waals surface area contributed by atoms with E-state index in [0.29, 0.717) is 11.8 Å². The molecule has 0 bridgehead atoms. The van der Waals surface area contributed by atoms with E-state index in [1.165, 1.54) is 22.0 Å². The van der Waals surface area contributed by atoms with Crippen molar-refractivity contribution in [3.05, 3.63) is 15.6 Å². The van der Waals surface area contributed by atoms with Gasteiger partial charge >= 0.3 is 0 Å². The zero-order chi connectivity index (χ0) is 10.1. The van der Waals surface area contributed by atoms with Crippen molar-refractivity contribution in [2.75, 3.05) is 13.1 Å². The van der Waals surface area contributed by atoms with Crippen LogP contribution in [0.4, 0.5) is 0 Å². The van der Waals surface area contributed by atoms with Gasteiger partial charge in [0.2, 0.25) is 0 Å². The third-order valence-electron chi connectivity index (χ3n) is 2.81. The molecule has 0 radical (unpaired) electrons. The highest BCUT2D eigenvalue weighted by Gasteiger charge is 2.21. The maximum Gasteiger partial charge on any atom is 0.0975 e. The van der Waals surface area contributed by atoms with Gasteiger partial charge in [-0.3, -0.25) is 0 Å². The molecule has 1 N–H and O–H groups in total. The molecule has 78 valence electrons. The predicted octanol–water partition coefficient (Wildman–Crippen LogP) is 2.65. The van der Waals surface area contributed by atoms with Crippen molar-refractivity contribution in [3.63, 3.8) is 0 Å². The number of aromatic nitrogens is 1. The number of rotatable bonds is 2. The Morgan fingerprint density at radius 2 is 2.29 bits per heavy atom. The van der Waals surface area contributed by atoms with Crippen LogP contribution in [0.3, 0.4) is 0 Å². The Kier molecular flexibility index (Phi) is 2.88. The predicted molar refractivity (Wildman–Crippen MR) is 61.2 cm³/mol. The van der Waals surface area contributed by atoms with Crippen LogP contribution in [0.25, 0.3) is 0 Å². The fourth-order valence-electron chi connectivity index (χ4n) is 2.01. The highest BCUT2D eigenvalue weighted by atomic mass is 32.1. The van der Waals surface area contributed by atoms with Crippen LogP contribution in [-0.4, -0.2) is 18.1 Å². The molecule has 1 aliphatic rings. The topological polar surface area (TPSA) is 24.9 Å². The Bertz CT molecular complexity index is 311. The van der Waals surface area contributed by atoms with E-state index in [2.05, 4.69) is 26.1 Å². The molecular weight excluding hydrogens is 192 g/mol. The third-order valence-corrected chi connectivity index (χ3v) is 3.95. The van der Waals surface area contributed by atoms with Crippen molar-refractivity contribution in [1.82, 2.24) is 10.3 Å². The molecule has 0 amide bonds. The highest BCUT2D eigenvalue weighted by Crippen LogP contribution is 2.31. The van der Waals surface area contributed by atoms with Gasteiger partial charge in [0.25, 0.3) is 0 Å². The minimum absolute atomic E-state index is 0.564. The van der Waals surface area contributed by atoms with Gasteiger partial charge in [-0.25, -0.2) is 4.98 Å². The van der Waals surface area contributed by atoms with E-state index < -0.39 is 0 Å². The van der Waals surface area contributed by atoms with Crippen molar-refractivity contribution in [2.45, 2.75) is 39.0 Å². The Morgan fingerprint density at radius 1 is 1.50 bits per heavy atom. The first kappa shape index (κ1) is 10.1. The van der Waals surface area contributed by atoms with E-state index in [9.17, 15) is 0 Å². The van der Waals surface area contributed by atoms with Crippen LogP contribution in [0, 0.1) is 6.92 Å². The first-order valence-electron chi connectivity index (χ1n) is 5.36. The van der Waals surface area contributed by atoms with E-state index in [1.54, 1.807) is 0 Å². The average Bonchev–Trinajstić information content (AvgIpc) is 2.70. The minimum atomic E-state index is 0.564. The first-order valence-corrected chi connectivity index (χ1v) is 6.18. The van der Waals surface area contributed by atoms with Crippen LogP contribution in [0.15, 0.2) is 0 Å². The molecule has 2 heterocycles. The van der Waals surface area contributed by atoms with Crippen molar-refractivity contribution in [1.29, 1.82) is 0 Å². The summed E-state index contributed by atoms with van der Waals surface area (Å²) < 4.78 is 0. The monoisotopic (exact) mass is 210 g/mol. The van der Waals surface area contributed by atoms with Gasteiger partial charge in [0.05, 0.1) is 10.7 Å². The van der Waals surface area contributed by atoms with E-state index >= 15 is 0 Å². The van der Waals surface area contributed by atoms with Crippen LogP contribution < -0.4 is 5.32 Å². The summed E-state index contributed by atoms with van der Waals surface area (Å²) in [5.74, 6) is 1.24. The molecule has 1 fully saturated rings. The van der Waals surface area contributed by atoms with E-state index in [0.717, 1.165) is 13.1 Å². The van der Waals surface area contributed by atoms with Crippen LogP contribution in [0.1, 0.15) is 47.7 Å². The molecule has 1 aromatic heterocycles. The summed E-state index contributed by atoms with van der Waals surface area (Å²) in [5, 5.41) is 4.74. The van der Waals surface area contributed by atoms with Crippen molar-refractivity contribution in [2.24, 2.45) is 0 Å². The molecular formula is C11H18N2S. The number of aryl methyl sites for hydroxylation is 1. The molecule has 1 aromatic rings. The van der Waals surface area contributed by atoms with Gasteiger partial charge in [-0.05, 0) is 25.8 Å². The molecule has 1 saturated heterocycles. The van der Waals surface area contributed by atoms with Gasteiger partial charge in [0, 0.05) is 17.3 Å². The maximum atomic E-state index is 4.77. The molecule has 2 nitrogen and oxygen atoms in total. The molecule has 3 heteroatoms. The Balaban J connectivity index is 2.22. The zero-order valence-corrected chi connectivity index (χ0v) is 9.95. The van der Waals surface area contributed by atoms with Crippen LogP contribution in [0.5, 0.6) is 0 Å². The largest absolute Gasteiger partial charge is 0.316 e. The lowest BCUT2D eigenvalue weighted by molar-refractivity contribution is 0.736. The molecule has 1 atom stereocenters. The standard InChI is InChI=1S/C11H18N2S/c1-7(2)10-8(3)14-11(13-10)9-4-5-12-6-9/h7,9,12H,4-6H2,1-3H3. The lowest BCUT2D eigenvalue weighted by Gasteiger charge is -2.03. The van der Waals surface area contributed by atoms with Crippen molar-refractivity contribution in [3.8, 4) is 0 Å². The van der Waals surface area contributed by atoms with Crippen molar-refractivity contribution >= 4 is 11.3 Å².